The summed E-state index contributed by atoms with van der Waals surface area (Å²) >= 11 is 5.34. The number of thiocarbonyl (C=S) groups is 1. The van der Waals surface area contributed by atoms with E-state index in [0.29, 0.717) is 18.6 Å². The highest BCUT2D eigenvalue weighted by molar-refractivity contribution is 7.80. The van der Waals surface area contributed by atoms with Crippen molar-refractivity contribution in [3.63, 3.8) is 0 Å². The van der Waals surface area contributed by atoms with E-state index in [1.807, 2.05) is 0 Å². The summed E-state index contributed by atoms with van der Waals surface area (Å²) in [4.78, 5) is 14.7. The first-order valence-corrected chi connectivity index (χ1v) is 10.7. The lowest BCUT2D eigenvalue weighted by Gasteiger charge is -2.44. The van der Waals surface area contributed by atoms with Gasteiger partial charge in [0.05, 0.1) is 0 Å². The Balaban J connectivity index is 1.29. The van der Waals surface area contributed by atoms with Crippen LogP contribution in [0, 0.1) is 5.92 Å². The minimum absolute atomic E-state index is 0.142. The summed E-state index contributed by atoms with van der Waals surface area (Å²) in [5.41, 5.74) is 0. The van der Waals surface area contributed by atoms with Gasteiger partial charge in [0.2, 0.25) is 0 Å². The van der Waals surface area contributed by atoms with Crippen molar-refractivity contribution in [2.45, 2.75) is 82.7 Å². The number of carbonyl (C=O) groups is 1. The third-order valence-corrected chi connectivity index (χ3v) is 6.37. The second kappa shape index (κ2) is 9.60. The number of amides is 2. The summed E-state index contributed by atoms with van der Waals surface area (Å²) in [6.07, 6.45) is 13.6. The summed E-state index contributed by atoms with van der Waals surface area (Å²) < 4.78 is 0. The number of rotatable bonds is 5. The number of nitrogens with zero attached hydrogens (tertiary/aromatic N) is 1. The standard InChI is InChI=1S/C19H34N4OS/c24-19(23-14-5-8-15-7-1-4-11-17(15)23)21-13-6-12-20-18(25)22-16-9-2-3-10-16/h15-17H,1-14H2,(H,21,24)(H2,20,22,25). The van der Waals surface area contributed by atoms with E-state index in [0.717, 1.165) is 37.0 Å². The first kappa shape index (κ1) is 18.7. The Morgan fingerprint density at radius 2 is 1.60 bits per heavy atom. The molecular formula is C19H34N4OS. The third kappa shape index (κ3) is 5.47. The molecule has 0 bridgehead atoms. The molecule has 3 aliphatic rings. The molecule has 5 nitrogen and oxygen atoms in total. The average Bonchev–Trinajstić information content (AvgIpc) is 3.13. The van der Waals surface area contributed by atoms with Crippen molar-refractivity contribution >= 4 is 23.4 Å². The van der Waals surface area contributed by atoms with Crippen molar-refractivity contribution in [1.29, 1.82) is 0 Å². The monoisotopic (exact) mass is 366 g/mol. The normalized spacial score (nSPS) is 26.8. The minimum atomic E-state index is 0.142. The van der Waals surface area contributed by atoms with E-state index in [4.69, 9.17) is 12.2 Å². The van der Waals surface area contributed by atoms with Crippen LogP contribution in [0.15, 0.2) is 0 Å². The SMILES string of the molecule is O=C(NCCCNC(=S)NC1CCCC1)N1CCCC2CCCCC21. The molecule has 0 aromatic carbocycles. The summed E-state index contributed by atoms with van der Waals surface area (Å²) in [5.74, 6) is 0.744. The van der Waals surface area contributed by atoms with Crippen LogP contribution in [-0.2, 0) is 0 Å². The number of carbonyl (C=O) groups excluding carboxylic acids is 1. The number of fused-ring (bicyclic) bond motifs is 1. The van der Waals surface area contributed by atoms with Gasteiger partial charge in [0.25, 0.3) is 0 Å². The van der Waals surface area contributed by atoms with Gasteiger partial charge in [-0.3, -0.25) is 0 Å². The van der Waals surface area contributed by atoms with Gasteiger partial charge in [-0.15, -0.1) is 0 Å². The molecular weight excluding hydrogens is 332 g/mol. The van der Waals surface area contributed by atoms with Gasteiger partial charge in [0.1, 0.15) is 0 Å². The smallest absolute Gasteiger partial charge is 0.317 e. The Morgan fingerprint density at radius 1 is 0.920 bits per heavy atom. The minimum Gasteiger partial charge on any atom is -0.363 e. The van der Waals surface area contributed by atoms with E-state index in [1.165, 1.54) is 57.8 Å². The van der Waals surface area contributed by atoms with Crippen molar-refractivity contribution in [3.8, 4) is 0 Å². The lowest BCUT2D eigenvalue weighted by molar-refractivity contribution is 0.0843. The highest BCUT2D eigenvalue weighted by Gasteiger charge is 2.35. The molecule has 0 spiro atoms. The molecule has 0 radical (unpaired) electrons. The number of hydrogen-bond acceptors (Lipinski definition) is 2. The van der Waals surface area contributed by atoms with Crippen molar-refractivity contribution in [1.82, 2.24) is 20.9 Å². The van der Waals surface area contributed by atoms with E-state index in [9.17, 15) is 4.79 Å². The Morgan fingerprint density at radius 3 is 2.44 bits per heavy atom. The summed E-state index contributed by atoms with van der Waals surface area (Å²) in [5, 5.41) is 10.5. The Kier molecular flexibility index (Phi) is 7.20. The summed E-state index contributed by atoms with van der Waals surface area (Å²) in [7, 11) is 0. The number of nitrogens with one attached hydrogen (secondary N) is 3. The molecule has 0 aromatic rings. The highest BCUT2D eigenvalue weighted by Crippen LogP contribution is 2.35. The lowest BCUT2D eigenvalue weighted by atomic mass is 9.78. The zero-order chi connectivity index (χ0) is 17.5. The van der Waals surface area contributed by atoms with Crippen LogP contribution in [0.1, 0.15) is 70.6 Å². The van der Waals surface area contributed by atoms with Gasteiger partial charge >= 0.3 is 6.03 Å². The molecule has 2 saturated carbocycles. The molecule has 2 amide bonds. The number of urea groups is 1. The van der Waals surface area contributed by atoms with Gasteiger partial charge in [0, 0.05) is 31.7 Å². The number of hydrogen-bond donors (Lipinski definition) is 3. The molecule has 6 heteroatoms. The maximum absolute atomic E-state index is 12.5. The molecule has 1 saturated heterocycles. The molecule has 2 unspecified atom stereocenters. The molecule has 0 aromatic heterocycles. The zero-order valence-electron chi connectivity index (χ0n) is 15.4. The predicted octanol–water partition coefficient (Wildman–Crippen LogP) is 3.15. The van der Waals surface area contributed by atoms with Gasteiger partial charge < -0.3 is 20.9 Å². The quantitative estimate of drug-likeness (QED) is 0.517. The van der Waals surface area contributed by atoms with Crippen LogP contribution in [0.4, 0.5) is 4.79 Å². The number of likely N-dealkylation sites (tertiary alicyclic amines) is 1. The lowest BCUT2D eigenvalue weighted by Crippen LogP contribution is -2.53. The fraction of sp³-hybridized carbons (Fsp3) is 0.895. The molecule has 1 aliphatic heterocycles. The maximum atomic E-state index is 12.5. The maximum Gasteiger partial charge on any atom is 0.317 e. The Labute approximate surface area is 157 Å². The fourth-order valence-corrected chi connectivity index (χ4v) is 5.04. The first-order valence-electron chi connectivity index (χ1n) is 10.3. The number of piperidine rings is 1. The molecule has 142 valence electrons. The Bertz CT molecular complexity index is 451. The van der Waals surface area contributed by atoms with Crippen LogP contribution in [0.25, 0.3) is 0 Å². The molecule has 2 atom stereocenters. The van der Waals surface area contributed by atoms with Crippen molar-refractivity contribution < 1.29 is 4.79 Å². The molecule has 1 heterocycles. The van der Waals surface area contributed by atoms with E-state index in [2.05, 4.69) is 20.9 Å². The van der Waals surface area contributed by atoms with Crippen molar-refractivity contribution in [2.75, 3.05) is 19.6 Å². The van der Waals surface area contributed by atoms with Gasteiger partial charge in [-0.25, -0.2) is 4.79 Å². The van der Waals surface area contributed by atoms with Crippen molar-refractivity contribution in [3.05, 3.63) is 0 Å². The van der Waals surface area contributed by atoms with Crippen LogP contribution >= 0.6 is 12.2 Å². The fourth-order valence-electron chi connectivity index (χ4n) is 4.77. The second-order valence-electron chi connectivity index (χ2n) is 7.91. The van der Waals surface area contributed by atoms with Crippen LogP contribution < -0.4 is 16.0 Å². The zero-order valence-corrected chi connectivity index (χ0v) is 16.2. The molecule has 2 aliphatic carbocycles. The average molecular weight is 367 g/mol. The first-order chi connectivity index (χ1) is 12.2. The third-order valence-electron chi connectivity index (χ3n) is 6.11. The van der Waals surface area contributed by atoms with E-state index >= 15 is 0 Å². The molecule has 3 N–H and O–H groups in total. The molecule has 3 rings (SSSR count). The van der Waals surface area contributed by atoms with Gasteiger partial charge in [-0.1, -0.05) is 25.7 Å². The Hall–Kier alpha value is -1.04. The van der Waals surface area contributed by atoms with Crippen LogP contribution in [0.2, 0.25) is 0 Å². The van der Waals surface area contributed by atoms with Gasteiger partial charge in [-0.05, 0) is 63.1 Å². The van der Waals surface area contributed by atoms with E-state index in [1.54, 1.807) is 0 Å². The summed E-state index contributed by atoms with van der Waals surface area (Å²) in [6.45, 7) is 2.46. The summed E-state index contributed by atoms with van der Waals surface area (Å²) in [6, 6.07) is 1.19. The molecule has 3 fully saturated rings. The van der Waals surface area contributed by atoms with Crippen molar-refractivity contribution in [2.24, 2.45) is 5.92 Å². The predicted molar refractivity (Wildman–Crippen MR) is 106 cm³/mol. The second-order valence-corrected chi connectivity index (χ2v) is 8.32. The van der Waals surface area contributed by atoms with E-state index < -0.39 is 0 Å². The highest BCUT2D eigenvalue weighted by atomic mass is 32.1. The van der Waals surface area contributed by atoms with Gasteiger partial charge in [-0.2, -0.15) is 0 Å². The van der Waals surface area contributed by atoms with Crippen LogP contribution in [0.5, 0.6) is 0 Å². The van der Waals surface area contributed by atoms with Crippen LogP contribution in [0.3, 0.4) is 0 Å². The topological polar surface area (TPSA) is 56.4 Å². The van der Waals surface area contributed by atoms with E-state index in [-0.39, 0.29) is 6.03 Å². The molecule has 25 heavy (non-hydrogen) atoms. The van der Waals surface area contributed by atoms with Crippen LogP contribution in [-0.4, -0.2) is 47.8 Å². The largest absolute Gasteiger partial charge is 0.363 e. The van der Waals surface area contributed by atoms with Gasteiger partial charge in [0.15, 0.2) is 5.11 Å².